The van der Waals surface area contributed by atoms with Crippen molar-refractivity contribution < 1.29 is 27.4 Å². The maximum absolute atomic E-state index is 12.9. The normalized spacial score (nSPS) is 11.8. The average molecular weight is 518 g/mol. The Balaban J connectivity index is 1.52. The molecule has 0 bridgehead atoms. The van der Waals surface area contributed by atoms with E-state index in [1.54, 1.807) is 36.0 Å². The Labute approximate surface area is 205 Å². The number of aromatic nitrogens is 4. The molecule has 2 N–H and O–H groups in total. The van der Waals surface area contributed by atoms with Crippen LogP contribution in [0.1, 0.15) is 15.9 Å². The van der Waals surface area contributed by atoms with E-state index in [9.17, 15) is 18.0 Å². The monoisotopic (exact) mass is 518 g/mol. The molecular formula is C23H22F3N6O3P. The number of halogens is 3. The van der Waals surface area contributed by atoms with Gasteiger partial charge in [0.1, 0.15) is 22.7 Å². The molecule has 0 aliphatic heterocycles. The fourth-order valence-electron chi connectivity index (χ4n) is 3.32. The molecule has 0 spiro atoms. The summed E-state index contributed by atoms with van der Waals surface area (Å²) in [5.74, 6) is 0.788. The molecule has 3 aromatic heterocycles. The minimum absolute atomic E-state index is 0.198. The molecule has 0 radical (unpaired) electrons. The van der Waals surface area contributed by atoms with Gasteiger partial charge in [0.05, 0.1) is 12.2 Å². The Hall–Kier alpha value is -3.76. The standard InChI is InChI=1S/C23H22F3N6O3P/c1-34-12-11-28-20-19-17(8-10-29-21(19)32(31-20)36-2)35-16-5-3-14(4-6-16)22(33)30-18-13-15(7-9-27-18)23(24,25)26/h3-10,13,36H,11-12H2,1-2H3,(H,28,31)(H,27,30,33). The van der Waals surface area contributed by atoms with Crippen LogP contribution in [0.15, 0.2) is 54.9 Å². The number of nitrogens with one attached hydrogen (secondary N) is 2. The van der Waals surface area contributed by atoms with Crippen LogP contribution in [0.2, 0.25) is 0 Å². The number of alkyl halides is 3. The summed E-state index contributed by atoms with van der Waals surface area (Å²) in [5, 5.41) is 10.9. The van der Waals surface area contributed by atoms with E-state index in [0.29, 0.717) is 50.2 Å². The Morgan fingerprint density at radius 3 is 2.56 bits per heavy atom. The SMILES string of the molecule is COCCNc1nn(PC)c2nccc(Oc3ccc(C(=O)Nc4cc(C(F)(F)F)ccn4)cc3)c12. The van der Waals surface area contributed by atoms with E-state index in [2.05, 4.69) is 25.7 Å². The van der Waals surface area contributed by atoms with Gasteiger partial charge in [-0.25, -0.2) is 14.4 Å². The number of carbonyl (C=O) groups is 1. The lowest BCUT2D eigenvalue weighted by atomic mass is 10.2. The van der Waals surface area contributed by atoms with Crippen LogP contribution in [0.25, 0.3) is 11.0 Å². The van der Waals surface area contributed by atoms with E-state index in [0.717, 1.165) is 18.3 Å². The maximum atomic E-state index is 12.9. The van der Waals surface area contributed by atoms with Crippen LogP contribution in [-0.2, 0) is 10.9 Å². The summed E-state index contributed by atoms with van der Waals surface area (Å²) in [6, 6.07) is 9.51. The third kappa shape index (κ3) is 5.72. The first-order valence-corrected chi connectivity index (χ1v) is 12.2. The zero-order chi connectivity index (χ0) is 25.7. The van der Waals surface area contributed by atoms with Crippen LogP contribution in [-0.4, -0.2) is 52.4 Å². The van der Waals surface area contributed by atoms with Gasteiger partial charge in [-0.1, -0.05) is 0 Å². The summed E-state index contributed by atoms with van der Waals surface area (Å²) in [7, 11) is 1.97. The van der Waals surface area contributed by atoms with Crippen LogP contribution in [0, 0.1) is 0 Å². The number of anilines is 2. The van der Waals surface area contributed by atoms with Crippen molar-refractivity contribution in [2.45, 2.75) is 6.18 Å². The Morgan fingerprint density at radius 1 is 1.11 bits per heavy atom. The molecule has 13 heteroatoms. The van der Waals surface area contributed by atoms with Crippen LogP contribution < -0.4 is 15.4 Å². The summed E-state index contributed by atoms with van der Waals surface area (Å²) in [4.78, 5) is 20.7. The molecule has 1 aromatic carbocycles. The Kier molecular flexibility index (Phi) is 7.66. The molecule has 1 amide bonds. The van der Waals surface area contributed by atoms with Crippen molar-refractivity contribution in [3.8, 4) is 11.5 Å². The van der Waals surface area contributed by atoms with E-state index < -0.39 is 17.6 Å². The van der Waals surface area contributed by atoms with E-state index in [4.69, 9.17) is 9.47 Å². The summed E-state index contributed by atoms with van der Waals surface area (Å²) >= 11 is 0. The predicted molar refractivity (Wildman–Crippen MR) is 131 cm³/mol. The topological polar surface area (TPSA) is 103 Å². The largest absolute Gasteiger partial charge is 0.456 e. The first kappa shape index (κ1) is 25.3. The average Bonchev–Trinajstić information content (AvgIpc) is 3.23. The van der Waals surface area contributed by atoms with Gasteiger partial charge in [0, 0.05) is 46.4 Å². The quantitative estimate of drug-likeness (QED) is 0.237. The van der Waals surface area contributed by atoms with Crippen molar-refractivity contribution in [3.05, 3.63) is 66.0 Å². The second-order valence-corrected chi connectivity index (χ2v) is 8.29. The predicted octanol–water partition coefficient (Wildman–Crippen LogP) is 5.02. The number of hydrogen-bond donors (Lipinski definition) is 2. The van der Waals surface area contributed by atoms with Gasteiger partial charge in [-0.2, -0.15) is 13.2 Å². The Morgan fingerprint density at radius 2 is 1.86 bits per heavy atom. The molecule has 36 heavy (non-hydrogen) atoms. The van der Waals surface area contributed by atoms with Gasteiger partial charge in [0.25, 0.3) is 5.91 Å². The van der Waals surface area contributed by atoms with E-state index >= 15 is 0 Å². The smallest absolute Gasteiger partial charge is 0.416 e. The fraction of sp³-hybridized carbons (Fsp3) is 0.217. The number of rotatable bonds is 9. The molecule has 0 saturated heterocycles. The fourth-order valence-corrected chi connectivity index (χ4v) is 3.90. The van der Waals surface area contributed by atoms with Gasteiger partial charge in [-0.05, 0) is 43.1 Å². The van der Waals surface area contributed by atoms with Crippen LogP contribution in [0.4, 0.5) is 24.8 Å². The van der Waals surface area contributed by atoms with Crippen molar-refractivity contribution >= 4 is 37.3 Å². The number of pyridine rings is 2. The number of benzene rings is 1. The van der Waals surface area contributed by atoms with Gasteiger partial charge in [0.2, 0.25) is 0 Å². The lowest BCUT2D eigenvalue weighted by Gasteiger charge is -2.10. The number of carbonyl (C=O) groups excluding carboxylic acids is 1. The zero-order valence-corrected chi connectivity index (χ0v) is 20.3. The van der Waals surface area contributed by atoms with Crippen LogP contribution in [0.5, 0.6) is 11.5 Å². The lowest BCUT2D eigenvalue weighted by Crippen LogP contribution is -2.14. The molecular weight excluding hydrogens is 496 g/mol. The van der Waals surface area contributed by atoms with E-state index in [1.165, 1.54) is 12.1 Å². The van der Waals surface area contributed by atoms with Crippen molar-refractivity contribution in [2.75, 3.05) is 37.6 Å². The number of nitrogens with zero attached hydrogens (tertiary/aromatic N) is 4. The van der Waals surface area contributed by atoms with Gasteiger partial charge >= 0.3 is 6.18 Å². The minimum atomic E-state index is -4.53. The molecule has 1 unspecified atom stereocenters. The summed E-state index contributed by atoms with van der Waals surface area (Å²) in [6.07, 6.45) is -1.92. The van der Waals surface area contributed by atoms with Crippen molar-refractivity contribution in [2.24, 2.45) is 0 Å². The third-order valence-electron chi connectivity index (χ3n) is 5.01. The summed E-state index contributed by atoms with van der Waals surface area (Å²) in [5.41, 5.74) is -0.00980. The molecule has 4 rings (SSSR count). The van der Waals surface area contributed by atoms with Crippen LogP contribution >= 0.6 is 8.73 Å². The second kappa shape index (κ2) is 10.9. The molecule has 0 fully saturated rings. The summed E-state index contributed by atoms with van der Waals surface area (Å²) < 4.78 is 51.7. The molecule has 1 atom stereocenters. The minimum Gasteiger partial charge on any atom is -0.456 e. The highest BCUT2D eigenvalue weighted by atomic mass is 31.1. The van der Waals surface area contributed by atoms with E-state index in [-0.39, 0.29) is 11.4 Å². The molecule has 4 aromatic rings. The number of methoxy groups -OCH3 is 1. The highest BCUT2D eigenvalue weighted by Gasteiger charge is 2.30. The highest BCUT2D eigenvalue weighted by molar-refractivity contribution is 7.35. The summed E-state index contributed by atoms with van der Waals surface area (Å²) in [6.45, 7) is 3.03. The second-order valence-electron chi connectivity index (χ2n) is 7.42. The van der Waals surface area contributed by atoms with Gasteiger partial charge < -0.3 is 20.1 Å². The number of ether oxygens (including phenoxy) is 2. The molecule has 9 nitrogen and oxygen atoms in total. The lowest BCUT2D eigenvalue weighted by molar-refractivity contribution is -0.137. The molecule has 188 valence electrons. The van der Waals surface area contributed by atoms with Crippen molar-refractivity contribution in [1.82, 2.24) is 19.5 Å². The highest BCUT2D eigenvalue weighted by Crippen LogP contribution is 2.36. The van der Waals surface area contributed by atoms with Gasteiger partial charge in [-0.3, -0.25) is 4.79 Å². The molecule has 3 heterocycles. The molecule has 0 aliphatic rings. The zero-order valence-electron chi connectivity index (χ0n) is 19.3. The maximum Gasteiger partial charge on any atom is 0.416 e. The van der Waals surface area contributed by atoms with Crippen LogP contribution in [0.3, 0.4) is 0 Å². The molecule has 0 saturated carbocycles. The number of fused-ring (bicyclic) bond motifs is 1. The van der Waals surface area contributed by atoms with Gasteiger partial charge in [-0.15, -0.1) is 5.10 Å². The van der Waals surface area contributed by atoms with Crippen molar-refractivity contribution in [3.63, 3.8) is 0 Å². The number of amides is 1. The van der Waals surface area contributed by atoms with Crippen molar-refractivity contribution in [1.29, 1.82) is 0 Å². The third-order valence-corrected chi connectivity index (χ3v) is 5.75. The number of hydrogen-bond acceptors (Lipinski definition) is 7. The van der Waals surface area contributed by atoms with E-state index in [1.807, 2.05) is 6.66 Å². The Bertz CT molecular complexity index is 1360. The molecule has 0 aliphatic carbocycles. The first-order valence-electron chi connectivity index (χ1n) is 10.7. The first-order chi connectivity index (χ1) is 17.3. The van der Waals surface area contributed by atoms with Gasteiger partial charge in [0.15, 0.2) is 11.5 Å².